The number of amides is 2. The van der Waals surface area contributed by atoms with Crippen molar-refractivity contribution in [2.45, 2.75) is 39.2 Å². The Morgan fingerprint density at radius 2 is 1.86 bits per heavy atom. The molecule has 0 bridgehead atoms. The summed E-state index contributed by atoms with van der Waals surface area (Å²) in [5.74, 6) is -1.88. The molecule has 5 heterocycles. The molecule has 0 spiro atoms. The first kappa shape index (κ1) is 29.6. The first-order valence-corrected chi connectivity index (χ1v) is 14.5. The fraction of sp³-hybridized carbons (Fsp3) is 0.517. The van der Waals surface area contributed by atoms with Crippen LogP contribution >= 0.6 is 0 Å². The SMILES string of the molecule is C\C=C(F)/C(=C(\C=C\CC)NC(=O)c1c(N)nn2cc(F)cnc12)N1CCC(C(=O)N2CCN(C3COC3)CC2)CC1. The minimum absolute atomic E-state index is 0.0353. The van der Waals surface area contributed by atoms with Crippen molar-refractivity contribution in [2.75, 3.05) is 58.2 Å². The third-order valence-electron chi connectivity index (χ3n) is 8.12. The lowest BCUT2D eigenvalue weighted by Gasteiger charge is -2.44. The summed E-state index contributed by atoms with van der Waals surface area (Å²) in [6.07, 6.45) is 8.67. The van der Waals surface area contributed by atoms with Crippen molar-refractivity contribution in [1.82, 2.24) is 34.6 Å². The third-order valence-corrected chi connectivity index (χ3v) is 8.12. The molecular weight excluding hydrogens is 546 g/mol. The summed E-state index contributed by atoms with van der Waals surface area (Å²) in [5.41, 5.74) is 6.52. The van der Waals surface area contributed by atoms with E-state index in [1.54, 1.807) is 13.0 Å². The smallest absolute Gasteiger partial charge is 0.263 e. The van der Waals surface area contributed by atoms with Gasteiger partial charge in [-0.2, -0.15) is 0 Å². The lowest BCUT2D eigenvalue weighted by atomic mass is 9.94. The Morgan fingerprint density at radius 1 is 1.14 bits per heavy atom. The molecule has 13 heteroatoms. The summed E-state index contributed by atoms with van der Waals surface area (Å²) in [4.78, 5) is 37.0. The van der Waals surface area contributed by atoms with Gasteiger partial charge in [0.25, 0.3) is 5.91 Å². The summed E-state index contributed by atoms with van der Waals surface area (Å²) in [7, 11) is 0. The van der Waals surface area contributed by atoms with Gasteiger partial charge in [-0.1, -0.05) is 13.0 Å². The normalized spacial score (nSPS) is 20.2. The van der Waals surface area contributed by atoms with Crippen molar-refractivity contribution in [3.05, 3.63) is 59.2 Å². The molecule has 42 heavy (non-hydrogen) atoms. The molecule has 0 aromatic carbocycles. The maximum atomic E-state index is 15.5. The number of hydrogen-bond acceptors (Lipinski definition) is 8. The number of fused-ring (bicyclic) bond motifs is 1. The van der Waals surface area contributed by atoms with Gasteiger partial charge in [0.1, 0.15) is 11.4 Å². The van der Waals surface area contributed by atoms with Crippen molar-refractivity contribution in [3.63, 3.8) is 0 Å². The second kappa shape index (κ2) is 13.0. The zero-order valence-electron chi connectivity index (χ0n) is 24.1. The number of halogens is 2. The Balaban J connectivity index is 1.32. The standard InChI is InChI=1S/C29H38F2N8O3/c1-3-5-6-23(34-28(40)24-26(32)35-39-16-20(30)15-33-27(24)39)25(22(31)4-2)37-9-7-19(8-10-37)29(41)38-13-11-36(12-14-38)21-17-42-18-21/h4-6,15-16,19,21H,3,7-14,17-18H2,1-2H3,(H2,32,35)(H,34,40)/b6-5+,22-4+,25-23-. The molecule has 3 fully saturated rings. The molecule has 0 radical (unpaired) electrons. The van der Waals surface area contributed by atoms with Crippen LogP contribution in [0.25, 0.3) is 5.65 Å². The molecule has 2 amide bonds. The van der Waals surface area contributed by atoms with Gasteiger partial charge in [0, 0.05) is 45.2 Å². The van der Waals surface area contributed by atoms with Crippen LogP contribution in [0.15, 0.2) is 47.8 Å². The summed E-state index contributed by atoms with van der Waals surface area (Å²) < 4.78 is 35.6. The number of carbonyl (C=O) groups is 2. The number of nitrogens with one attached hydrogen (secondary N) is 1. The molecule has 0 atom stereocenters. The second-order valence-corrected chi connectivity index (χ2v) is 10.8. The predicted octanol–water partition coefficient (Wildman–Crippen LogP) is 2.49. The lowest BCUT2D eigenvalue weighted by Crippen LogP contribution is -2.58. The molecule has 0 saturated carbocycles. The number of piperazine rings is 1. The van der Waals surface area contributed by atoms with Crippen LogP contribution < -0.4 is 11.1 Å². The number of nitrogens with zero attached hydrogens (tertiary/aromatic N) is 6. The fourth-order valence-corrected chi connectivity index (χ4v) is 5.68. The number of anilines is 1. The predicted molar refractivity (Wildman–Crippen MR) is 153 cm³/mol. The number of aromatic nitrogens is 3. The highest BCUT2D eigenvalue weighted by atomic mass is 19.1. The van der Waals surface area contributed by atoms with E-state index in [-0.39, 0.29) is 40.2 Å². The number of allylic oxidation sites excluding steroid dienone is 4. The minimum Gasteiger partial charge on any atom is -0.381 e. The quantitative estimate of drug-likeness (QED) is 0.454. The molecule has 3 saturated heterocycles. The van der Waals surface area contributed by atoms with Gasteiger partial charge in [-0.3, -0.25) is 14.5 Å². The molecule has 3 aliphatic heterocycles. The number of piperidine rings is 1. The van der Waals surface area contributed by atoms with Gasteiger partial charge >= 0.3 is 0 Å². The topological polar surface area (TPSA) is 121 Å². The van der Waals surface area contributed by atoms with Gasteiger partial charge < -0.3 is 25.6 Å². The lowest BCUT2D eigenvalue weighted by molar-refractivity contribution is -0.141. The van der Waals surface area contributed by atoms with Gasteiger partial charge in [0.15, 0.2) is 17.3 Å². The fourth-order valence-electron chi connectivity index (χ4n) is 5.68. The number of hydrogen-bond donors (Lipinski definition) is 2. The highest BCUT2D eigenvalue weighted by Gasteiger charge is 2.35. The molecule has 3 N–H and O–H groups in total. The average Bonchev–Trinajstić information content (AvgIpc) is 3.29. The molecule has 2 aromatic heterocycles. The van der Waals surface area contributed by atoms with E-state index in [9.17, 15) is 14.0 Å². The van der Waals surface area contributed by atoms with Gasteiger partial charge in [0.2, 0.25) is 5.91 Å². The van der Waals surface area contributed by atoms with Crippen LogP contribution in [-0.4, -0.2) is 99.6 Å². The van der Waals surface area contributed by atoms with Crippen molar-refractivity contribution in [1.29, 1.82) is 0 Å². The van der Waals surface area contributed by atoms with Crippen LogP contribution in [-0.2, 0) is 9.53 Å². The van der Waals surface area contributed by atoms with E-state index in [0.717, 1.165) is 43.2 Å². The Morgan fingerprint density at radius 3 is 2.48 bits per heavy atom. The van der Waals surface area contributed by atoms with Crippen molar-refractivity contribution >= 4 is 23.3 Å². The highest BCUT2D eigenvalue weighted by molar-refractivity contribution is 6.05. The number of carbonyl (C=O) groups excluding carboxylic acids is 2. The molecular formula is C29H38F2N8O3. The Kier molecular flexibility index (Phi) is 9.17. The van der Waals surface area contributed by atoms with Crippen LogP contribution in [0.4, 0.5) is 14.6 Å². The molecule has 5 rings (SSSR count). The zero-order valence-corrected chi connectivity index (χ0v) is 24.1. The van der Waals surface area contributed by atoms with Crippen LogP contribution in [0.1, 0.15) is 43.5 Å². The summed E-state index contributed by atoms with van der Waals surface area (Å²) in [6, 6.07) is 0.470. The van der Waals surface area contributed by atoms with E-state index in [1.165, 1.54) is 6.08 Å². The van der Waals surface area contributed by atoms with E-state index in [4.69, 9.17) is 10.5 Å². The van der Waals surface area contributed by atoms with Crippen molar-refractivity contribution < 1.29 is 23.1 Å². The van der Waals surface area contributed by atoms with E-state index in [2.05, 4.69) is 20.3 Å². The molecule has 2 aromatic rings. The van der Waals surface area contributed by atoms with Gasteiger partial charge in [-0.25, -0.2) is 18.3 Å². The number of rotatable bonds is 8. The Hall–Kier alpha value is -3.84. The maximum absolute atomic E-state index is 15.5. The van der Waals surface area contributed by atoms with Crippen LogP contribution in [0.5, 0.6) is 0 Å². The van der Waals surface area contributed by atoms with Crippen LogP contribution in [0.3, 0.4) is 0 Å². The Bertz CT molecular complexity index is 1400. The molecule has 226 valence electrons. The molecule has 11 nitrogen and oxygen atoms in total. The van der Waals surface area contributed by atoms with Gasteiger partial charge in [0.05, 0.1) is 43.0 Å². The highest BCUT2D eigenvalue weighted by Crippen LogP contribution is 2.29. The first-order valence-electron chi connectivity index (χ1n) is 14.5. The van der Waals surface area contributed by atoms with Gasteiger partial charge in [-0.15, -0.1) is 5.10 Å². The van der Waals surface area contributed by atoms with E-state index < -0.39 is 17.6 Å². The van der Waals surface area contributed by atoms with Crippen LogP contribution in [0.2, 0.25) is 0 Å². The first-order chi connectivity index (χ1) is 20.3. The van der Waals surface area contributed by atoms with Crippen molar-refractivity contribution in [3.8, 4) is 0 Å². The van der Waals surface area contributed by atoms with Crippen LogP contribution in [0, 0.1) is 11.7 Å². The number of ether oxygens (including phenoxy) is 1. The Labute approximate surface area is 243 Å². The summed E-state index contributed by atoms with van der Waals surface area (Å²) in [6.45, 7) is 9.08. The zero-order chi connectivity index (χ0) is 29.8. The maximum Gasteiger partial charge on any atom is 0.263 e. The van der Waals surface area contributed by atoms with E-state index in [1.807, 2.05) is 22.8 Å². The molecule has 0 aliphatic carbocycles. The number of nitrogens with two attached hydrogens (primary N) is 1. The van der Waals surface area contributed by atoms with Crippen molar-refractivity contribution in [2.24, 2.45) is 5.92 Å². The second-order valence-electron chi connectivity index (χ2n) is 10.8. The minimum atomic E-state index is -0.642. The van der Waals surface area contributed by atoms with E-state index >= 15 is 4.39 Å². The van der Waals surface area contributed by atoms with E-state index in [0.29, 0.717) is 51.5 Å². The largest absolute Gasteiger partial charge is 0.381 e. The third kappa shape index (κ3) is 6.16. The summed E-state index contributed by atoms with van der Waals surface area (Å²) in [5, 5.41) is 6.79. The number of nitrogen functional groups attached to an aromatic ring is 1. The monoisotopic (exact) mass is 584 g/mol. The number of likely N-dealkylation sites (tertiary alicyclic amines) is 1. The van der Waals surface area contributed by atoms with Gasteiger partial charge in [-0.05, 0) is 38.3 Å². The molecule has 3 aliphatic rings. The average molecular weight is 585 g/mol. The molecule has 0 unspecified atom stereocenters. The summed E-state index contributed by atoms with van der Waals surface area (Å²) >= 11 is 0.